The van der Waals surface area contributed by atoms with Crippen LogP contribution in [-0.2, 0) is 11.2 Å². The van der Waals surface area contributed by atoms with Crippen molar-refractivity contribution in [2.75, 3.05) is 18.0 Å². The van der Waals surface area contributed by atoms with Crippen molar-refractivity contribution in [1.29, 1.82) is 0 Å². The quantitative estimate of drug-likeness (QED) is 0.759. The van der Waals surface area contributed by atoms with E-state index in [9.17, 15) is 4.79 Å². The summed E-state index contributed by atoms with van der Waals surface area (Å²) in [5, 5.41) is 4.32. The Kier molecular flexibility index (Phi) is 5.19. The van der Waals surface area contributed by atoms with Gasteiger partial charge in [0.05, 0.1) is 11.9 Å². The van der Waals surface area contributed by atoms with Crippen LogP contribution in [0.25, 0.3) is 10.9 Å². The molecule has 3 aromatic rings. The molecule has 1 aromatic carbocycles. The largest absolute Gasteiger partial charge is 0.351 e. The van der Waals surface area contributed by atoms with Crippen LogP contribution in [0.2, 0.25) is 0 Å². The van der Waals surface area contributed by atoms with Gasteiger partial charge in [0.1, 0.15) is 0 Å². The third-order valence-corrected chi connectivity index (χ3v) is 5.44. The number of fused-ring (bicyclic) bond motifs is 1. The van der Waals surface area contributed by atoms with Crippen molar-refractivity contribution in [2.24, 2.45) is 0 Å². The number of amides is 1. The molecule has 3 heterocycles. The van der Waals surface area contributed by atoms with Gasteiger partial charge in [-0.3, -0.25) is 9.78 Å². The van der Waals surface area contributed by atoms with Crippen molar-refractivity contribution in [3.05, 3.63) is 59.5 Å². The zero-order valence-corrected chi connectivity index (χ0v) is 16.4. The van der Waals surface area contributed by atoms with Crippen molar-refractivity contribution < 1.29 is 4.79 Å². The minimum absolute atomic E-state index is 0.0455. The van der Waals surface area contributed by atoms with E-state index in [2.05, 4.69) is 38.2 Å². The minimum Gasteiger partial charge on any atom is -0.351 e. The number of carbonyl (C=O) groups is 1. The monoisotopic (exact) mass is 375 g/mol. The molecule has 1 aliphatic rings. The number of nitrogens with zero attached hydrogens (tertiary/aromatic N) is 4. The van der Waals surface area contributed by atoms with Gasteiger partial charge in [-0.25, -0.2) is 9.97 Å². The van der Waals surface area contributed by atoms with Gasteiger partial charge >= 0.3 is 0 Å². The Morgan fingerprint density at radius 2 is 1.96 bits per heavy atom. The minimum atomic E-state index is 0.0455. The van der Waals surface area contributed by atoms with Crippen LogP contribution in [0, 0.1) is 13.8 Å². The summed E-state index contributed by atoms with van der Waals surface area (Å²) in [7, 11) is 0. The molecule has 1 saturated heterocycles. The average Bonchev–Trinajstić information content (AvgIpc) is 2.72. The fourth-order valence-corrected chi connectivity index (χ4v) is 4.00. The van der Waals surface area contributed by atoms with E-state index < -0.39 is 0 Å². The maximum atomic E-state index is 12.8. The first-order valence-electron chi connectivity index (χ1n) is 9.78. The Hall–Kier alpha value is -3.02. The number of nitrogens with one attached hydrogen (secondary N) is 1. The van der Waals surface area contributed by atoms with E-state index in [0.29, 0.717) is 6.42 Å². The maximum Gasteiger partial charge on any atom is 0.225 e. The third-order valence-electron chi connectivity index (χ3n) is 5.44. The van der Waals surface area contributed by atoms with E-state index in [0.717, 1.165) is 59.6 Å². The smallest absolute Gasteiger partial charge is 0.225 e. The van der Waals surface area contributed by atoms with Gasteiger partial charge in [0.25, 0.3) is 0 Å². The number of benzene rings is 1. The fraction of sp³-hybridized carbons (Fsp3) is 0.364. The molecule has 1 fully saturated rings. The summed E-state index contributed by atoms with van der Waals surface area (Å²) >= 11 is 0. The lowest BCUT2D eigenvalue weighted by molar-refractivity contribution is -0.121. The van der Waals surface area contributed by atoms with Gasteiger partial charge in [0.15, 0.2) is 0 Å². The summed E-state index contributed by atoms with van der Waals surface area (Å²) < 4.78 is 0. The van der Waals surface area contributed by atoms with E-state index >= 15 is 0 Å². The summed E-state index contributed by atoms with van der Waals surface area (Å²) in [6, 6.07) is 10.0. The van der Waals surface area contributed by atoms with Gasteiger partial charge in [0, 0.05) is 42.6 Å². The van der Waals surface area contributed by atoms with Gasteiger partial charge < -0.3 is 10.2 Å². The molecular formula is C22H25N5O. The number of aromatic nitrogens is 3. The Balaban J connectivity index is 1.45. The predicted molar refractivity (Wildman–Crippen MR) is 110 cm³/mol. The third kappa shape index (κ3) is 3.81. The van der Waals surface area contributed by atoms with Crippen molar-refractivity contribution in [1.82, 2.24) is 20.3 Å². The van der Waals surface area contributed by atoms with Crippen molar-refractivity contribution in [3.8, 4) is 0 Å². The van der Waals surface area contributed by atoms with E-state index in [-0.39, 0.29) is 11.9 Å². The molecule has 4 rings (SSSR count). The van der Waals surface area contributed by atoms with Crippen LogP contribution < -0.4 is 10.2 Å². The molecule has 6 heteroatoms. The molecule has 0 saturated carbocycles. The summed E-state index contributed by atoms with van der Waals surface area (Å²) in [5.74, 6) is 0.774. The number of pyridine rings is 1. The molecule has 2 aromatic heterocycles. The van der Waals surface area contributed by atoms with Crippen LogP contribution in [0.3, 0.4) is 0 Å². The maximum absolute atomic E-state index is 12.8. The first kappa shape index (κ1) is 18.3. The standard InChI is InChI=1S/C22H25N5O/c1-15-18-8-3-4-9-20(18)25-16(2)19(15)13-21(28)26-17-7-5-12-27(14-17)22-23-10-6-11-24-22/h3-4,6,8-11,17H,5,7,12-14H2,1-2H3,(H,26,28). The fourth-order valence-electron chi connectivity index (χ4n) is 4.00. The number of hydrogen-bond acceptors (Lipinski definition) is 5. The second kappa shape index (κ2) is 7.92. The van der Waals surface area contributed by atoms with Crippen LogP contribution in [0.4, 0.5) is 5.95 Å². The molecule has 28 heavy (non-hydrogen) atoms. The molecule has 0 radical (unpaired) electrons. The van der Waals surface area contributed by atoms with Gasteiger partial charge in [0.2, 0.25) is 11.9 Å². The molecule has 1 unspecified atom stereocenters. The molecule has 1 N–H and O–H groups in total. The molecule has 1 amide bonds. The number of anilines is 1. The van der Waals surface area contributed by atoms with Crippen molar-refractivity contribution in [2.45, 2.75) is 39.2 Å². The highest BCUT2D eigenvalue weighted by Crippen LogP contribution is 2.23. The molecular weight excluding hydrogens is 350 g/mol. The molecule has 1 aliphatic heterocycles. The number of aryl methyl sites for hydroxylation is 2. The Morgan fingerprint density at radius 3 is 2.79 bits per heavy atom. The number of piperidine rings is 1. The topological polar surface area (TPSA) is 71.0 Å². The lowest BCUT2D eigenvalue weighted by Gasteiger charge is -2.33. The van der Waals surface area contributed by atoms with E-state index in [1.165, 1.54) is 0 Å². The highest BCUT2D eigenvalue weighted by atomic mass is 16.1. The number of rotatable bonds is 4. The van der Waals surface area contributed by atoms with Crippen LogP contribution in [0.15, 0.2) is 42.7 Å². The SMILES string of the molecule is Cc1nc2ccccc2c(C)c1CC(=O)NC1CCCN(c2ncccn2)C1. The number of para-hydroxylation sites is 1. The van der Waals surface area contributed by atoms with E-state index in [1.807, 2.05) is 31.2 Å². The number of carbonyl (C=O) groups excluding carboxylic acids is 1. The summed E-state index contributed by atoms with van der Waals surface area (Å²) in [6.07, 6.45) is 5.85. The second-order valence-electron chi connectivity index (χ2n) is 7.40. The zero-order valence-electron chi connectivity index (χ0n) is 16.4. The molecule has 0 bridgehead atoms. The molecule has 1 atom stereocenters. The van der Waals surface area contributed by atoms with Gasteiger partial charge in [-0.2, -0.15) is 0 Å². The molecule has 0 spiro atoms. The van der Waals surface area contributed by atoms with Crippen LogP contribution in [0.5, 0.6) is 0 Å². The van der Waals surface area contributed by atoms with Crippen LogP contribution in [0.1, 0.15) is 29.7 Å². The zero-order chi connectivity index (χ0) is 19.5. The highest BCUT2D eigenvalue weighted by molar-refractivity contribution is 5.86. The van der Waals surface area contributed by atoms with Crippen molar-refractivity contribution in [3.63, 3.8) is 0 Å². The second-order valence-corrected chi connectivity index (χ2v) is 7.40. The summed E-state index contributed by atoms with van der Waals surface area (Å²) in [4.78, 5) is 28.3. The lowest BCUT2D eigenvalue weighted by atomic mass is 9.98. The molecule has 6 nitrogen and oxygen atoms in total. The highest BCUT2D eigenvalue weighted by Gasteiger charge is 2.23. The first-order valence-corrected chi connectivity index (χ1v) is 9.78. The lowest BCUT2D eigenvalue weighted by Crippen LogP contribution is -2.48. The normalized spacial score (nSPS) is 16.9. The van der Waals surface area contributed by atoms with Crippen molar-refractivity contribution >= 4 is 22.8 Å². The molecule has 144 valence electrons. The van der Waals surface area contributed by atoms with Gasteiger partial charge in [-0.05, 0) is 49.9 Å². The number of hydrogen-bond donors (Lipinski definition) is 1. The Bertz CT molecular complexity index is 989. The van der Waals surface area contributed by atoms with Crippen LogP contribution >= 0.6 is 0 Å². The Morgan fingerprint density at radius 1 is 1.18 bits per heavy atom. The van der Waals surface area contributed by atoms with Gasteiger partial charge in [-0.15, -0.1) is 0 Å². The Labute approximate surface area is 165 Å². The average molecular weight is 375 g/mol. The first-order chi connectivity index (χ1) is 13.6. The van der Waals surface area contributed by atoms with Crippen LogP contribution in [-0.4, -0.2) is 40.0 Å². The van der Waals surface area contributed by atoms with E-state index in [1.54, 1.807) is 12.4 Å². The van der Waals surface area contributed by atoms with E-state index in [4.69, 9.17) is 0 Å². The van der Waals surface area contributed by atoms with Gasteiger partial charge in [-0.1, -0.05) is 18.2 Å². The summed E-state index contributed by atoms with van der Waals surface area (Å²) in [6.45, 7) is 5.72. The predicted octanol–water partition coefficient (Wildman–Crippen LogP) is 2.97. The molecule has 0 aliphatic carbocycles. The summed E-state index contributed by atoms with van der Waals surface area (Å²) in [5.41, 5.74) is 4.07.